The SMILES string of the molecule is CCN(CC)c1ccc(NC(=O)c2cccc(C(=O)N(C)CCN(C)CCOCCCOCCOCCNC(=O)c3cscn3)c2)c(-c2cc(C(N)=O)ccn2)c1.c1ccc2c(c1)CCCC2. The molecule has 1 aliphatic rings. The standard InChI is InChI=1S/C41H54N8O7S.C10H12/c1-5-49(6-2)33-11-12-35(34(27-33)36-26-30(38(42)50)13-14-43-36)46-39(51)31-9-7-10-32(25-31)41(53)48(4)17-16-47(3)18-22-54-19-8-20-55-23-24-56-21-15-44-40(52)37-28-57-29-45-37;1-2-6-10-8-4-3-7-9(10)5-1/h7,9-14,25-29H,5-6,8,15-24H2,1-4H3,(H2,42,50)(H,44,52)(H,46,51);1-2,5-6H,3-4,7-8H2. The van der Waals surface area contributed by atoms with Crippen LogP contribution in [0.5, 0.6) is 0 Å². The number of hydrogen-bond acceptors (Lipinski definition) is 12. The van der Waals surface area contributed by atoms with Gasteiger partial charge in [0.1, 0.15) is 5.69 Å². The molecule has 3 aromatic carbocycles. The third-order valence-electron chi connectivity index (χ3n) is 11.3. The molecule has 358 valence electrons. The van der Waals surface area contributed by atoms with E-state index in [2.05, 4.69) is 68.5 Å². The largest absolute Gasteiger partial charge is 0.380 e. The maximum atomic E-state index is 13.6. The van der Waals surface area contributed by atoms with Crippen LogP contribution in [0.3, 0.4) is 0 Å². The van der Waals surface area contributed by atoms with Gasteiger partial charge in [0.25, 0.3) is 17.7 Å². The van der Waals surface area contributed by atoms with Crippen molar-refractivity contribution in [2.45, 2.75) is 46.0 Å². The van der Waals surface area contributed by atoms with Crippen LogP contribution >= 0.6 is 11.3 Å². The summed E-state index contributed by atoms with van der Waals surface area (Å²) in [6.45, 7) is 10.9. The molecule has 1 aliphatic carbocycles. The second kappa shape index (κ2) is 28.2. The molecule has 0 atom stereocenters. The predicted molar refractivity (Wildman–Crippen MR) is 265 cm³/mol. The van der Waals surface area contributed by atoms with E-state index in [1.165, 1.54) is 43.2 Å². The van der Waals surface area contributed by atoms with Gasteiger partial charge in [-0.1, -0.05) is 30.3 Å². The first-order valence-electron chi connectivity index (χ1n) is 23.0. The maximum absolute atomic E-state index is 13.6. The highest BCUT2D eigenvalue weighted by Gasteiger charge is 2.18. The van der Waals surface area contributed by atoms with Crippen LogP contribution in [0.15, 0.2) is 96.0 Å². The molecule has 4 amide bonds. The summed E-state index contributed by atoms with van der Waals surface area (Å²) in [6, 6.07) is 24.3. The van der Waals surface area contributed by atoms with Crippen LogP contribution in [-0.4, -0.2) is 136 Å². The minimum atomic E-state index is -0.575. The van der Waals surface area contributed by atoms with Crippen LogP contribution in [0.25, 0.3) is 11.3 Å². The van der Waals surface area contributed by atoms with Crippen molar-refractivity contribution < 1.29 is 33.4 Å². The number of primary amides is 1. The summed E-state index contributed by atoms with van der Waals surface area (Å²) in [6.07, 6.45) is 7.65. The predicted octanol–water partition coefficient (Wildman–Crippen LogP) is 6.84. The van der Waals surface area contributed by atoms with E-state index in [-0.39, 0.29) is 11.8 Å². The maximum Gasteiger partial charge on any atom is 0.270 e. The van der Waals surface area contributed by atoms with E-state index in [1.807, 2.05) is 25.2 Å². The van der Waals surface area contributed by atoms with Crippen LogP contribution < -0.4 is 21.3 Å². The molecule has 4 N–H and O–H groups in total. The Balaban J connectivity index is 0.000000733. The van der Waals surface area contributed by atoms with E-state index in [0.29, 0.717) is 105 Å². The number of amides is 4. The molecule has 0 radical (unpaired) electrons. The number of thiazole rings is 1. The molecule has 0 saturated carbocycles. The number of ether oxygens (including phenoxy) is 3. The molecule has 0 fully saturated rings. The molecule has 2 aromatic heterocycles. The lowest BCUT2D eigenvalue weighted by Gasteiger charge is -2.23. The fourth-order valence-corrected chi connectivity index (χ4v) is 7.88. The lowest BCUT2D eigenvalue weighted by Crippen LogP contribution is -2.36. The summed E-state index contributed by atoms with van der Waals surface area (Å²) in [5.74, 6) is -1.37. The first-order valence-corrected chi connectivity index (χ1v) is 24.0. The van der Waals surface area contributed by atoms with Gasteiger partial charge in [0.15, 0.2) is 0 Å². The molecular weight excluding hydrogens is 869 g/mol. The van der Waals surface area contributed by atoms with Crippen LogP contribution in [0.1, 0.15) is 85.8 Å². The van der Waals surface area contributed by atoms with Gasteiger partial charge in [-0.15, -0.1) is 11.3 Å². The topological polar surface area (TPSA) is 182 Å². The number of nitrogens with one attached hydrogen (secondary N) is 2. The van der Waals surface area contributed by atoms with Crippen molar-refractivity contribution in [3.63, 3.8) is 0 Å². The van der Waals surface area contributed by atoms with Crippen molar-refractivity contribution in [1.82, 2.24) is 25.1 Å². The van der Waals surface area contributed by atoms with Crippen LogP contribution in [0.4, 0.5) is 11.4 Å². The van der Waals surface area contributed by atoms with Gasteiger partial charge in [-0.2, -0.15) is 0 Å². The zero-order valence-corrected chi connectivity index (χ0v) is 40.2. The zero-order chi connectivity index (χ0) is 47.8. The summed E-state index contributed by atoms with van der Waals surface area (Å²) >= 11 is 1.38. The first-order chi connectivity index (χ1) is 32.6. The van der Waals surface area contributed by atoms with Gasteiger partial charge in [-0.3, -0.25) is 24.2 Å². The van der Waals surface area contributed by atoms with Crippen molar-refractivity contribution in [2.75, 3.05) is 103 Å². The Labute approximate surface area is 399 Å². The molecule has 0 unspecified atom stereocenters. The van der Waals surface area contributed by atoms with Crippen molar-refractivity contribution in [1.29, 1.82) is 0 Å². The molecule has 16 heteroatoms. The molecule has 0 aliphatic heterocycles. The average molecular weight is 935 g/mol. The number of nitrogens with two attached hydrogens (primary N) is 1. The number of carbonyl (C=O) groups is 4. The fourth-order valence-electron chi connectivity index (χ4n) is 7.35. The lowest BCUT2D eigenvalue weighted by molar-refractivity contribution is 0.0344. The Hall–Kier alpha value is -6.04. The molecule has 0 spiro atoms. The number of nitrogens with zero attached hydrogens (tertiary/aromatic N) is 5. The smallest absolute Gasteiger partial charge is 0.270 e. The number of hydrogen-bond donors (Lipinski definition) is 3. The summed E-state index contributed by atoms with van der Waals surface area (Å²) < 4.78 is 16.8. The van der Waals surface area contributed by atoms with Gasteiger partial charge in [-0.05, 0) is 113 Å². The van der Waals surface area contributed by atoms with Crippen molar-refractivity contribution in [3.05, 3.63) is 129 Å². The summed E-state index contributed by atoms with van der Waals surface area (Å²) in [5, 5.41) is 7.44. The second-order valence-corrected chi connectivity index (χ2v) is 16.8. The first kappa shape index (κ1) is 51.9. The molecule has 0 saturated heterocycles. The van der Waals surface area contributed by atoms with Gasteiger partial charge < -0.3 is 45.3 Å². The fraction of sp³-hybridized carbons (Fsp3) is 0.412. The minimum absolute atomic E-state index is 0.199. The van der Waals surface area contributed by atoms with E-state index in [1.54, 1.807) is 70.4 Å². The van der Waals surface area contributed by atoms with Gasteiger partial charge >= 0.3 is 0 Å². The van der Waals surface area contributed by atoms with Crippen LogP contribution in [-0.2, 0) is 27.1 Å². The quantitative estimate of drug-likeness (QED) is 0.0522. The number of fused-ring (bicyclic) bond motifs is 1. The van der Waals surface area contributed by atoms with E-state index >= 15 is 0 Å². The van der Waals surface area contributed by atoms with Gasteiger partial charge in [-0.25, -0.2) is 4.98 Å². The number of aromatic nitrogens is 2. The number of aryl methyl sites for hydroxylation is 2. The van der Waals surface area contributed by atoms with E-state index in [0.717, 1.165) is 25.2 Å². The molecule has 6 rings (SSSR count). The molecule has 0 bridgehead atoms. The number of pyridine rings is 1. The zero-order valence-electron chi connectivity index (χ0n) is 39.3. The van der Waals surface area contributed by atoms with Crippen LogP contribution in [0.2, 0.25) is 0 Å². The molecular formula is C51H66N8O7S. The minimum Gasteiger partial charge on any atom is -0.380 e. The highest BCUT2D eigenvalue weighted by atomic mass is 32.1. The van der Waals surface area contributed by atoms with E-state index < -0.39 is 11.8 Å². The monoisotopic (exact) mass is 934 g/mol. The van der Waals surface area contributed by atoms with E-state index in [9.17, 15) is 19.2 Å². The average Bonchev–Trinajstić information content (AvgIpc) is 3.91. The number of likely N-dealkylation sites (N-methyl/N-ethyl adjacent to an activating group) is 2. The summed E-state index contributed by atoms with van der Waals surface area (Å²) in [5.41, 5.74) is 14.3. The Morgan fingerprint density at radius 2 is 1.42 bits per heavy atom. The van der Waals surface area contributed by atoms with E-state index in [4.69, 9.17) is 19.9 Å². The highest BCUT2D eigenvalue weighted by molar-refractivity contribution is 7.07. The third kappa shape index (κ3) is 17.0. The molecule has 15 nitrogen and oxygen atoms in total. The molecule has 5 aromatic rings. The number of rotatable bonds is 25. The van der Waals surface area contributed by atoms with Crippen molar-refractivity contribution >= 4 is 46.3 Å². The number of benzene rings is 3. The third-order valence-corrected chi connectivity index (χ3v) is 11.8. The Morgan fingerprint density at radius 1 is 0.716 bits per heavy atom. The number of carbonyl (C=O) groups excluding carboxylic acids is 4. The molecule has 2 heterocycles. The Bertz CT molecular complexity index is 2300. The Kier molecular flexibility index (Phi) is 21.9. The van der Waals surface area contributed by atoms with Crippen molar-refractivity contribution in [2.24, 2.45) is 5.73 Å². The molecule has 67 heavy (non-hydrogen) atoms. The van der Waals surface area contributed by atoms with Gasteiger partial charge in [0, 0.05) is 99.0 Å². The van der Waals surface area contributed by atoms with Crippen molar-refractivity contribution in [3.8, 4) is 11.3 Å². The van der Waals surface area contributed by atoms with Gasteiger partial charge in [0.05, 0.1) is 43.3 Å². The number of anilines is 2. The lowest BCUT2D eigenvalue weighted by atomic mass is 9.92. The van der Waals surface area contributed by atoms with Gasteiger partial charge in [0.2, 0.25) is 5.91 Å². The highest BCUT2D eigenvalue weighted by Crippen LogP contribution is 2.32. The summed E-state index contributed by atoms with van der Waals surface area (Å²) in [4.78, 5) is 65.0. The normalized spacial score (nSPS) is 11.8. The van der Waals surface area contributed by atoms with Crippen LogP contribution in [0, 0.1) is 0 Å². The Morgan fingerprint density at radius 3 is 2.10 bits per heavy atom. The summed E-state index contributed by atoms with van der Waals surface area (Å²) in [7, 11) is 3.71. The second-order valence-electron chi connectivity index (χ2n) is 16.1.